The Balaban J connectivity index is 1.79. The lowest BCUT2D eigenvalue weighted by Crippen LogP contribution is -2.39. The van der Waals surface area contributed by atoms with Crippen LogP contribution in [0, 0.1) is 6.92 Å². The van der Waals surface area contributed by atoms with Crippen molar-refractivity contribution >= 4 is 34.3 Å². The number of fused-ring (bicyclic) bond motifs is 1. The first kappa shape index (κ1) is 16.0. The van der Waals surface area contributed by atoms with Crippen molar-refractivity contribution in [3.05, 3.63) is 38.2 Å². The number of rotatable bonds is 5. The van der Waals surface area contributed by atoms with E-state index < -0.39 is 0 Å². The van der Waals surface area contributed by atoms with Crippen molar-refractivity contribution in [1.29, 1.82) is 0 Å². The molecule has 23 heavy (non-hydrogen) atoms. The summed E-state index contributed by atoms with van der Waals surface area (Å²) in [5, 5.41) is 2.01. The van der Waals surface area contributed by atoms with Crippen molar-refractivity contribution in [1.82, 2.24) is 23.7 Å². The maximum absolute atomic E-state index is 12.5. The van der Waals surface area contributed by atoms with Crippen molar-refractivity contribution in [2.45, 2.75) is 24.2 Å². The van der Waals surface area contributed by atoms with E-state index in [2.05, 4.69) is 9.97 Å². The normalized spacial score (nSPS) is 11.4. The number of hydrogen-bond donors (Lipinski definition) is 0. The molecule has 0 unspecified atom stereocenters. The number of aryl methyl sites for hydroxylation is 3. The van der Waals surface area contributed by atoms with Gasteiger partial charge in [-0.1, -0.05) is 11.8 Å². The zero-order valence-electron chi connectivity index (χ0n) is 13.1. The molecule has 0 N–H and O–H groups in total. The molecule has 0 amide bonds. The average Bonchev–Trinajstić information content (AvgIpc) is 3.10. The molecule has 0 radical (unpaired) electrons. The molecular weight excluding hydrogens is 334 g/mol. The predicted octanol–water partition coefficient (Wildman–Crippen LogP) is 1.38. The van der Waals surface area contributed by atoms with Crippen LogP contribution < -0.4 is 11.2 Å². The minimum Gasteiger partial charge on any atom is -0.328 e. The number of aromatic nitrogens is 5. The van der Waals surface area contributed by atoms with E-state index in [1.807, 2.05) is 12.3 Å². The second kappa shape index (κ2) is 6.32. The van der Waals surface area contributed by atoms with Crippen LogP contribution in [0.15, 0.2) is 25.6 Å². The summed E-state index contributed by atoms with van der Waals surface area (Å²) in [6, 6.07) is 0. The second-order valence-corrected chi connectivity index (χ2v) is 7.48. The van der Waals surface area contributed by atoms with E-state index in [1.54, 1.807) is 48.1 Å². The topological polar surface area (TPSA) is 74.7 Å². The Morgan fingerprint density at radius 2 is 2.09 bits per heavy atom. The highest BCUT2D eigenvalue weighted by Crippen LogP contribution is 2.22. The molecular formula is C14H17N5O2S2. The lowest BCUT2D eigenvalue weighted by atomic mass is 10.4. The Bertz CT molecular complexity index is 966. The van der Waals surface area contributed by atoms with E-state index >= 15 is 0 Å². The molecule has 7 nitrogen and oxygen atoms in total. The molecule has 3 heterocycles. The van der Waals surface area contributed by atoms with Crippen molar-refractivity contribution in [2.24, 2.45) is 14.1 Å². The number of imidazole rings is 1. The number of nitrogens with zero attached hydrogens (tertiary/aromatic N) is 5. The van der Waals surface area contributed by atoms with Gasteiger partial charge in [0.1, 0.15) is 4.34 Å². The quantitative estimate of drug-likeness (QED) is 0.513. The molecule has 3 rings (SSSR count). The van der Waals surface area contributed by atoms with Crippen LogP contribution in [-0.4, -0.2) is 29.4 Å². The zero-order chi connectivity index (χ0) is 16.6. The predicted molar refractivity (Wildman–Crippen MR) is 92.4 cm³/mol. The van der Waals surface area contributed by atoms with Gasteiger partial charge in [-0.05, 0) is 13.3 Å². The van der Waals surface area contributed by atoms with Gasteiger partial charge < -0.3 is 4.57 Å². The van der Waals surface area contributed by atoms with Gasteiger partial charge in [0, 0.05) is 37.5 Å². The van der Waals surface area contributed by atoms with Crippen molar-refractivity contribution in [2.75, 3.05) is 5.75 Å². The molecule has 0 aliphatic carbocycles. The summed E-state index contributed by atoms with van der Waals surface area (Å²) in [5.74, 6) is 0.811. The Hall–Kier alpha value is -1.87. The van der Waals surface area contributed by atoms with Gasteiger partial charge in [0.2, 0.25) is 0 Å². The van der Waals surface area contributed by atoms with Crippen LogP contribution in [0.4, 0.5) is 0 Å². The van der Waals surface area contributed by atoms with Gasteiger partial charge in [0.05, 0.1) is 6.33 Å². The smallest absolute Gasteiger partial charge is 0.328 e. The van der Waals surface area contributed by atoms with E-state index in [9.17, 15) is 9.59 Å². The molecule has 0 aliphatic heterocycles. The van der Waals surface area contributed by atoms with E-state index in [0.717, 1.165) is 22.2 Å². The average molecular weight is 351 g/mol. The van der Waals surface area contributed by atoms with Gasteiger partial charge in [0.15, 0.2) is 11.2 Å². The third-order valence-electron chi connectivity index (χ3n) is 3.55. The minimum atomic E-state index is -0.323. The molecule has 0 aliphatic rings. The number of hydrogen-bond acceptors (Lipinski definition) is 6. The maximum Gasteiger partial charge on any atom is 0.332 e. The van der Waals surface area contributed by atoms with Crippen molar-refractivity contribution in [3.8, 4) is 0 Å². The van der Waals surface area contributed by atoms with Gasteiger partial charge in [0.25, 0.3) is 5.56 Å². The number of thioether (sulfide) groups is 1. The van der Waals surface area contributed by atoms with E-state index in [-0.39, 0.29) is 11.2 Å². The molecule has 3 aromatic heterocycles. The summed E-state index contributed by atoms with van der Waals surface area (Å²) >= 11 is 3.27. The van der Waals surface area contributed by atoms with Crippen LogP contribution in [-0.2, 0) is 20.6 Å². The van der Waals surface area contributed by atoms with Gasteiger partial charge in [-0.15, -0.1) is 11.3 Å². The summed E-state index contributed by atoms with van der Waals surface area (Å²) in [7, 11) is 3.40. The fraction of sp³-hybridized carbons (Fsp3) is 0.429. The molecule has 9 heteroatoms. The van der Waals surface area contributed by atoms with E-state index in [4.69, 9.17) is 0 Å². The largest absolute Gasteiger partial charge is 0.332 e. The van der Waals surface area contributed by atoms with Gasteiger partial charge in [-0.25, -0.2) is 14.8 Å². The van der Waals surface area contributed by atoms with Crippen LogP contribution in [0.25, 0.3) is 11.2 Å². The van der Waals surface area contributed by atoms with E-state index in [1.165, 1.54) is 9.13 Å². The van der Waals surface area contributed by atoms with Gasteiger partial charge in [-0.3, -0.25) is 13.9 Å². The summed E-state index contributed by atoms with van der Waals surface area (Å²) in [6.45, 7) is 2.36. The summed E-state index contributed by atoms with van der Waals surface area (Å²) < 4.78 is 5.39. The van der Waals surface area contributed by atoms with Crippen LogP contribution in [0.1, 0.15) is 12.1 Å². The Morgan fingerprint density at radius 3 is 2.78 bits per heavy atom. The molecule has 0 saturated heterocycles. The van der Waals surface area contributed by atoms with E-state index in [0.29, 0.717) is 17.7 Å². The second-order valence-electron chi connectivity index (χ2n) is 5.28. The lowest BCUT2D eigenvalue weighted by molar-refractivity contribution is 0.594. The SMILES string of the molecule is Cc1csc(SCCCn2c(=O)c3c(ncn3C)n(C)c2=O)n1. The molecule has 0 aromatic carbocycles. The van der Waals surface area contributed by atoms with Crippen molar-refractivity contribution < 1.29 is 0 Å². The van der Waals surface area contributed by atoms with Crippen LogP contribution in [0.5, 0.6) is 0 Å². The molecule has 122 valence electrons. The highest BCUT2D eigenvalue weighted by atomic mass is 32.2. The molecule has 0 bridgehead atoms. The highest BCUT2D eigenvalue weighted by molar-refractivity contribution is 8.00. The summed E-state index contributed by atoms with van der Waals surface area (Å²) in [6.07, 6.45) is 2.28. The zero-order valence-corrected chi connectivity index (χ0v) is 14.8. The fourth-order valence-corrected chi connectivity index (χ4v) is 4.22. The van der Waals surface area contributed by atoms with Crippen LogP contribution in [0.3, 0.4) is 0 Å². The first-order chi connectivity index (χ1) is 11.0. The first-order valence-corrected chi connectivity index (χ1v) is 9.01. The standard InChI is InChI=1S/C14H17N5O2S2/c1-9-7-23-13(16-9)22-6-4-5-19-12(20)10-11(15-8-17(10)2)18(3)14(19)21/h7-8H,4-6H2,1-3H3. The Morgan fingerprint density at radius 1 is 1.30 bits per heavy atom. The number of thiazole rings is 1. The molecule has 0 spiro atoms. The molecule has 0 atom stereocenters. The molecule has 0 saturated carbocycles. The van der Waals surface area contributed by atoms with Crippen molar-refractivity contribution in [3.63, 3.8) is 0 Å². The monoisotopic (exact) mass is 351 g/mol. The first-order valence-electron chi connectivity index (χ1n) is 7.15. The maximum atomic E-state index is 12.5. The Kier molecular flexibility index (Phi) is 4.40. The van der Waals surface area contributed by atoms with Crippen LogP contribution >= 0.6 is 23.1 Å². The van der Waals surface area contributed by atoms with Gasteiger partial charge >= 0.3 is 5.69 Å². The lowest BCUT2D eigenvalue weighted by Gasteiger charge is -2.08. The summed E-state index contributed by atoms with van der Waals surface area (Å²) in [5.41, 5.74) is 1.29. The van der Waals surface area contributed by atoms with Gasteiger partial charge in [-0.2, -0.15) is 0 Å². The van der Waals surface area contributed by atoms with Crippen LogP contribution in [0.2, 0.25) is 0 Å². The third kappa shape index (κ3) is 2.98. The molecule has 0 fully saturated rings. The Labute approximate surface area is 140 Å². The summed E-state index contributed by atoms with van der Waals surface area (Å²) in [4.78, 5) is 33.4. The fourth-order valence-electron chi connectivity index (χ4n) is 2.37. The third-order valence-corrected chi connectivity index (χ3v) is 5.78. The highest BCUT2D eigenvalue weighted by Gasteiger charge is 2.14. The minimum absolute atomic E-state index is 0.279. The molecule has 3 aromatic rings.